The number of aryl methyl sites for hydroxylation is 1. The molecular weight excluding hydrogens is 875 g/mol. The zero-order chi connectivity index (χ0) is 48.4. The molecule has 3 N–H and O–H groups in total. The second-order valence-corrected chi connectivity index (χ2v) is 17.2. The van der Waals surface area contributed by atoms with Gasteiger partial charge in [0.2, 0.25) is 5.91 Å². The number of amides is 4. The van der Waals surface area contributed by atoms with Crippen molar-refractivity contribution in [1.29, 1.82) is 0 Å². The molecule has 3 atom stereocenters. The Bertz CT molecular complexity index is 2770. The maximum Gasteiger partial charge on any atom is 0.307 e. The van der Waals surface area contributed by atoms with E-state index in [0.29, 0.717) is 69.8 Å². The normalized spacial score (nSPS) is 16.3. The third-order valence-corrected chi connectivity index (χ3v) is 12.1. The minimum absolute atomic E-state index is 0.201. The minimum Gasteiger partial charge on any atom is -0.493 e. The fourth-order valence-electron chi connectivity index (χ4n) is 8.51. The van der Waals surface area contributed by atoms with Crippen molar-refractivity contribution >= 4 is 52.5 Å². The molecule has 0 bridgehead atoms. The first-order chi connectivity index (χ1) is 33.5. The molecule has 0 unspecified atom stereocenters. The van der Waals surface area contributed by atoms with E-state index in [-0.39, 0.29) is 18.2 Å². The van der Waals surface area contributed by atoms with Gasteiger partial charge in [0.15, 0.2) is 6.10 Å². The number of carbonyl (C=O) groups is 5. The van der Waals surface area contributed by atoms with E-state index in [1.54, 1.807) is 77.9 Å². The predicted octanol–water partition coefficient (Wildman–Crippen LogP) is 10.4. The Morgan fingerprint density at radius 1 is 0.667 bits per heavy atom. The smallest absolute Gasteiger partial charge is 0.307 e. The summed E-state index contributed by atoms with van der Waals surface area (Å²) in [4.78, 5) is 78.4. The highest BCUT2D eigenvalue weighted by atomic mass is 16.7. The standard InChI is InChI=1S/C55H55N5O9/c1-4-6-8-29-67-45-32-41(33-46(34-45)68-30-9-7-5-2)53(64)57-42-23-19-37(20-24-42)38-21-27-44(28-22-38)60-50(39-15-17-40(18-16-39)52(63)58-47-12-10-11-35(3)56-47)49-51(69-60)55(66)59(54(49)65)43-25-13-36(14-26-43)31-48(61)62/h10-28,32-34,49-51H,4-9,29-31H2,1-3H3,(H,57,64)(H,61,62)(H,56,58,63)/t49-,50-,51+/m0/s1. The largest absolute Gasteiger partial charge is 0.493 e. The highest BCUT2D eigenvalue weighted by Crippen LogP contribution is 2.48. The van der Waals surface area contributed by atoms with Crippen LogP contribution in [0.1, 0.15) is 96.0 Å². The molecule has 4 amide bonds. The van der Waals surface area contributed by atoms with Gasteiger partial charge in [-0.25, -0.2) is 14.9 Å². The van der Waals surface area contributed by atoms with Crippen LogP contribution in [0, 0.1) is 12.8 Å². The molecule has 2 saturated heterocycles. The second kappa shape index (κ2) is 21.9. The lowest BCUT2D eigenvalue weighted by atomic mass is 9.90. The number of carboxylic acids is 1. The second-order valence-electron chi connectivity index (χ2n) is 17.2. The fraction of sp³-hybridized carbons (Fsp3) is 0.273. The Hall–Kier alpha value is -7.84. The predicted molar refractivity (Wildman–Crippen MR) is 264 cm³/mol. The Kier molecular flexibility index (Phi) is 15.1. The van der Waals surface area contributed by atoms with Gasteiger partial charge < -0.3 is 25.2 Å². The first-order valence-electron chi connectivity index (χ1n) is 23.4. The van der Waals surface area contributed by atoms with Gasteiger partial charge in [-0.15, -0.1) is 0 Å². The molecule has 8 rings (SSSR count). The van der Waals surface area contributed by atoms with Crippen molar-refractivity contribution in [3.8, 4) is 22.6 Å². The molecule has 2 fully saturated rings. The average Bonchev–Trinajstić information content (AvgIpc) is 3.86. The number of anilines is 4. The summed E-state index contributed by atoms with van der Waals surface area (Å²) in [6.45, 7) is 7.22. The van der Waals surface area contributed by atoms with Gasteiger partial charge in [-0.05, 0) is 115 Å². The van der Waals surface area contributed by atoms with Gasteiger partial charge in [0.05, 0.1) is 37.1 Å². The van der Waals surface area contributed by atoms with E-state index in [1.165, 1.54) is 0 Å². The Morgan fingerprint density at radius 3 is 1.86 bits per heavy atom. The SMILES string of the molecule is CCCCCOc1cc(OCCCCC)cc(C(=O)Nc2ccc(-c3ccc(N4O[C@H]5C(=O)N(c6ccc(CC(=O)O)cc6)C(=O)[C@H]5[C@@H]4c4ccc(C(=O)Nc5cccc(C)n5)cc4)cc3)cc2)c1. The first-order valence-corrected chi connectivity index (χ1v) is 23.4. The van der Waals surface area contributed by atoms with E-state index in [0.717, 1.165) is 60.2 Å². The number of aliphatic carboxylic acids is 1. The lowest BCUT2D eigenvalue weighted by molar-refractivity contribution is -0.136. The number of pyridine rings is 1. The topological polar surface area (TPSA) is 177 Å². The molecule has 14 heteroatoms. The maximum absolute atomic E-state index is 14.4. The zero-order valence-corrected chi connectivity index (χ0v) is 38.9. The lowest BCUT2D eigenvalue weighted by Crippen LogP contribution is -2.37. The number of carbonyl (C=O) groups excluding carboxylic acids is 4. The molecule has 2 aliphatic heterocycles. The summed E-state index contributed by atoms with van der Waals surface area (Å²) in [6.07, 6.45) is 4.75. The van der Waals surface area contributed by atoms with Crippen LogP contribution in [0.15, 0.2) is 133 Å². The number of hydrogen-bond acceptors (Lipinski definition) is 10. The zero-order valence-electron chi connectivity index (χ0n) is 38.9. The van der Waals surface area contributed by atoms with Gasteiger partial charge in [-0.1, -0.05) is 94.1 Å². The maximum atomic E-state index is 14.4. The number of hydroxylamine groups is 1. The van der Waals surface area contributed by atoms with E-state index in [1.807, 2.05) is 67.6 Å². The molecule has 0 saturated carbocycles. The summed E-state index contributed by atoms with van der Waals surface area (Å²) >= 11 is 0. The van der Waals surface area contributed by atoms with Gasteiger partial charge in [-0.2, -0.15) is 0 Å². The number of nitrogens with one attached hydrogen (secondary N) is 2. The third kappa shape index (κ3) is 11.3. The molecule has 354 valence electrons. The summed E-state index contributed by atoms with van der Waals surface area (Å²) in [7, 11) is 0. The first kappa shape index (κ1) is 47.6. The van der Waals surface area contributed by atoms with Crippen molar-refractivity contribution in [1.82, 2.24) is 4.98 Å². The number of hydrogen-bond donors (Lipinski definition) is 3. The van der Waals surface area contributed by atoms with Crippen LogP contribution in [-0.2, 0) is 25.6 Å². The number of ether oxygens (including phenoxy) is 2. The number of fused-ring (bicyclic) bond motifs is 1. The van der Waals surface area contributed by atoms with Crippen molar-refractivity contribution < 1.29 is 43.4 Å². The molecule has 69 heavy (non-hydrogen) atoms. The number of carboxylic acid groups (broad SMARTS) is 1. The van der Waals surface area contributed by atoms with E-state index in [4.69, 9.17) is 14.3 Å². The molecule has 3 heterocycles. The summed E-state index contributed by atoms with van der Waals surface area (Å²) in [5.41, 5.74) is 5.96. The Balaban J connectivity index is 1.00. The van der Waals surface area contributed by atoms with Crippen LogP contribution in [0.5, 0.6) is 11.5 Å². The molecule has 0 radical (unpaired) electrons. The minimum atomic E-state index is -1.16. The highest BCUT2D eigenvalue weighted by Gasteiger charge is 2.60. The van der Waals surface area contributed by atoms with Crippen molar-refractivity contribution in [2.24, 2.45) is 5.92 Å². The summed E-state index contributed by atoms with van der Waals surface area (Å²) in [5, 5.41) is 16.7. The third-order valence-electron chi connectivity index (χ3n) is 12.1. The molecule has 0 spiro atoms. The van der Waals surface area contributed by atoms with Crippen LogP contribution in [0.4, 0.5) is 22.9 Å². The van der Waals surface area contributed by atoms with Gasteiger partial charge in [0.1, 0.15) is 23.2 Å². The molecule has 0 aliphatic carbocycles. The monoisotopic (exact) mass is 929 g/mol. The van der Waals surface area contributed by atoms with Crippen LogP contribution >= 0.6 is 0 Å². The number of nitrogens with zero attached hydrogens (tertiary/aromatic N) is 3. The number of aromatic nitrogens is 1. The molecular formula is C55H55N5O9. The molecule has 6 aromatic rings. The molecule has 2 aliphatic rings. The van der Waals surface area contributed by atoms with Gasteiger partial charge in [-0.3, -0.25) is 28.8 Å². The molecule has 14 nitrogen and oxygen atoms in total. The van der Waals surface area contributed by atoms with Gasteiger partial charge >= 0.3 is 5.97 Å². The van der Waals surface area contributed by atoms with Crippen LogP contribution in [0.2, 0.25) is 0 Å². The quantitative estimate of drug-likeness (QED) is 0.0490. The fourth-order valence-corrected chi connectivity index (χ4v) is 8.51. The van der Waals surface area contributed by atoms with E-state index in [9.17, 15) is 29.1 Å². The summed E-state index contributed by atoms with van der Waals surface area (Å²) < 4.78 is 12.0. The van der Waals surface area contributed by atoms with Crippen LogP contribution in [0.25, 0.3) is 11.1 Å². The Labute approximate surface area is 401 Å². The van der Waals surface area contributed by atoms with E-state index in [2.05, 4.69) is 29.5 Å². The number of rotatable bonds is 20. The number of unbranched alkanes of at least 4 members (excludes halogenated alkanes) is 4. The van der Waals surface area contributed by atoms with Crippen LogP contribution in [0.3, 0.4) is 0 Å². The van der Waals surface area contributed by atoms with E-state index >= 15 is 0 Å². The lowest BCUT2D eigenvalue weighted by Gasteiger charge is -2.29. The van der Waals surface area contributed by atoms with Gasteiger partial charge in [0.25, 0.3) is 17.7 Å². The van der Waals surface area contributed by atoms with Crippen molar-refractivity contribution in [3.63, 3.8) is 0 Å². The van der Waals surface area contributed by atoms with Gasteiger partial charge in [0, 0.05) is 28.6 Å². The molecule has 1 aromatic heterocycles. The number of imide groups is 1. The molecule has 5 aromatic carbocycles. The van der Waals surface area contributed by atoms with Crippen molar-refractivity contribution in [2.45, 2.75) is 77.9 Å². The van der Waals surface area contributed by atoms with Crippen LogP contribution < -0.4 is 30.1 Å². The van der Waals surface area contributed by atoms with Crippen molar-refractivity contribution in [2.75, 3.05) is 33.8 Å². The Morgan fingerprint density at radius 2 is 1.26 bits per heavy atom. The van der Waals surface area contributed by atoms with E-state index < -0.39 is 35.8 Å². The van der Waals surface area contributed by atoms with Crippen molar-refractivity contribution in [3.05, 3.63) is 161 Å². The summed E-state index contributed by atoms with van der Waals surface area (Å²) in [6, 6.07) is 38.0. The highest BCUT2D eigenvalue weighted by molar-refractivity contribution is 6.24. The van der Waals surface area contributed by atoms with Crippen LogP contribution in [-0.4, -0.2) is 59.0 Å². The number of benzene rings is 5. The average molecular weight is 930 g/mol. The summed E-state index contributed by atoms with van der Waals surface area (Å²) in [5.74, 6) is -2.03.